The molecule has 3 rings (SSSR count). The molecule has 3 N–H and O–H groups in total. The molecule has 0 aromatic carbocycles. The molecule has 7 unspecified atom stereocenters. The Hall–Kier alpha value is -0.670. The molecule has 160 valence electrons. The number of hydrogen-bond acceptors (Lipinski definition) is 3. The van der Waals surface area contributed by atoms with Crippen molar-refractivity contribution in [1.82, 2.24) is 0 Å². The molecule has 0 saturated heterocycles. The number of fused-ring (bicyclic) bond motifs is 1. The first-order valence-corrected chi connectivity index (χ1v) is 11.9. The fraction of sp³-hybridized carbons (Fsp3) is 0.880. The van der Waals surface area contributed by atoms with Crippen molar-refractivity contribution in [3.8, 4) is 0 Å². The first kappa shape index (κ1) is 22.0. The molecule has 0 radical (unpaired) electrons. The minimum absolute atomic E-state index is 0.125. The Morgan fingerprint density at radius 1 is 1.14 bits per heavy atom. The van der Waals surface area contributed by atoms with E-state index in [0.29, 0.717) is 17.3 Å². The first-order valence-electron chi connectivity index (χ1n) is 11.9. The number of nitrogens with one attached hydrogen (secondary N) is 1. The summed E-state index contributed by atoms with van der Waals surface area (Å²) >= 11 is 0. The van der Waals surface area contributed by atoms with Gasteiger partial charge >= 0.3 is 0 Å². The molecule has 8 atom stereocenters. The highest BCUT2D eigenvalue weighted by Crippen LogP contribution is 2.63. The van der Waals surface area contributed by atoms with Crippen molar-refractivity contribution in [3.63, 3.8) is 0 Å². The number of rotatable bonds is 8. The third kappa shape index (κ3) is 4.26. The summed E-state index contributed by atoms with van der Waals surface area (Å²) in [5, 5.41) is 27.7. The summed E-state index contributed by atoms with van der Waals surface area (Å²) in [4.78, 5) is 0. The van der Waals surface area contributed by atoms with E-state index in [1.54, 1.807) is 6.21 Å². The van der Waals surface area contributed by atoms with Gasteiger partial charge in [-0.25, -0.2) is 0 Å². The second kappa shape index (κ2) is 9.00. The number of aliphatic hydroxyl groups is 2. The van der Waals surface area contributed by atoms with Crippen molar-refractivity contribution in [2.45, 2.75) is 104 Å². The molecule has 0 bridgehead atoms. The van der Waals surface area contributed by atoms with Gasteiger partial charge in [0.25, 0.3) is 0 Å². The summed E-state index contributed by atoms with van der Waals surface area (Å²) in [6, 6.07) is 0. The average Bonchev–Trinajstić information content (AvgIpc) is 3.01. The topological polar surface area (TPSA) is 64.3 Å². The van der Waals surface area contributed by atoms with E-state index in [1.807, 2.05) is 6.08 Å². The van der Waals surface area contributed by atoms with Crippen molar-refractivity contribution >= 4 is 6.21 Å². The van der Waals surface area contributed by atoms with Gasteiger partial charge in [-0.05, 0) is 105 Å². The molecule has 3 aliphatic carbocycles. The number of aliphatic hydroxyl groups excluding tert-OH is 2. The summed E-state index contributed by atoms with van der Waals surface area (Å²) in [6.45, 7) is 7.01. The van der Waals surface area contributed by atoms with Crippen LogP contribution >= 0.6 is 0 Å². The summed E-state index contributed by atoms with van der Waals surface area (Å²) < 4.78 is 0. The van der Waals surface area contributed by atoms with E-state index >= 15 is 0 Å². The molecular weight excluding hydrogens is 346 g/mol. The molecule has 0 aromatic heterocycles. The highest BCUT2D eigenvalue weighted by Gasteiger charge is 2.55. The molecule has 2 fully saturated rings. The van der Waals surface area contributed by atoms with Crippen LogP contribution in [-0.2, 0) is 0 Å². The predicted octanol–water partition coefficient (Wildman–Crippen LogP) is 5.74. The van der Waals surface area contributed by atoms with Gasteiger partial charge in [0.05, 0.1) is 12.2 Å². The van der Waals surface area contributed by atoms with Crippen LogP contribution < -0.4 is 0 Å². The van der Waals surface area contributed by atoms with Gasteiger partial charge < -0.3 is 15.6 Å². The third-order valence-electron chi connectivity index (χ3n) is 9.11. The standard InChI is InChI=1S/C25H43NO2/c1-4-19(27)7-5-6-18-8-9-23-21(13-17-26)22(12-16-25(18,23)3)24(2)14-10-20(28)11-15-24/h10,14,17-23,26-28H,4-9,11-13,15-16H2,1-3H3/t18-,19?,20?,21?,22?,23?,24?,25?/m0/s1. The Balaban J connectivity index is 1.73. The van der Waals surface area contributed by atoms with Crippen LogP contribution in [0.25, 0.3) is 0 Å². The van der Waals surface area contributed by atoms with Crippen molar-refractivity contribution in [1.29, 1.82) is 5.41 Å². The van der Waals surface area contributed by atoms with Crippen molar-refractivity contribution in [2.24, 2.45) is 34.5 Å². The van der Waals surface area contributed by atoms with Crippen LogP contribution in [0.4, 0.5) is 0 Å². The molecule has 0 heterocycles. The van der Waals surface area contributed by atoms with E-state index in [9.17, 15) is 10.2 Å². The van der Waals surface area contributed by atoms with E-state index in [1.165, 1.54) is 32.1 Å². The highest BCUT2D eigenvalue weighted by atomic mass is 16.3. The van der Waals surface area contributed by atoms with E-state index in [-0.39, 0.29) is 17.6 Å². The lowest BCUT2D eigenvalue weighted by atomic mass is 9.51. The second-order valence-electron chi connectivity index (χ2n) is 10.6. The third-order valence-corrected chi connectivity index (χ3v) is 9.11. The van der Waals surface area contributed by atoms with Crippen LogP contribution in [0, 0.1) is 39.9 Å². The smallest absolute Gasteiger partial charge is 0.0721 e. The molecule has 3 aliphatic rings. The summed E-state index contributed by atoms with van der Waals surface area (Å²) in [5.41, 5.74) is 0.590. The van der Waals surface area contributed by atoms with E-state index in [2.05, 4.69) is 26.8 Å². The Kier molecular flexibility index (Phi) is 7.08. The first-order chi connectivity index (χ1) is 13.3. The van der Waals surface area contributed by atoms with Crippen LogP contribution in [0.1, 0.15) is 91.4 Å². The zero-order valence-corrected chi connectivity index (χ0v) is 18.4. The lowest BCUT2D eigenvalue weighted by molar-refractivity contribution is -0.0308. The Morgan fingerprint density at radius 2 is 1.93 bits per heavy atom. The van der Waals surface area contributed by atoms with Crippen LogP contribution in [0.5, 0.6) is 0 Å². The summed E-state index contributed by atoms with van der Waals surface area (Å²) in [5.74, 6) is 2.75. The Morgan fingerprint density at radius 3 is 2.57 bits per heavy atom. The van der Waals surface area contributed by atoms with Gasteiger partial charge in [0, 0.05) is 0 Å². The minimum Gasteiger partial charge on any atom is -0.393 e. The van der Waals surface area contributed by atoms with Crippen LogP contribution in [-0.4, -0.2) is 28.6 Å². The predicted molar refractivity (Wildman–Crippen MR) is 117 cm³/mol. The zero-order valence-electron chi connectivity index (χ0n) is 18.4. The van der Waals surface area contributed by atoms with Gasteiger partial charge in [-0.3, -0.25) is 0 Å². The SMILES string of the molecule is CCC(O)CCC[C@H]1CCC2C(CC=N)C(C3(C)C=CC(O)CC3)CCC21C. The van der Waals surface area contributed by atoms with E-state index < -0.39 is 0 Å². The molecule has 2 saturated carbocycles. The minimum atomic E-state index is -0.266. The van der Waals surface area contributed by atoms with Crippen molar-refractivity contribution < 1.29 is 10.2 Å². The summed E-state index contributed by atoms with van der Waals surface area (Å²) in [7, 11) is 0. The maximum Gasteiger partial charge on any atom is 0.0721 e. The highest BCUT2D eigenvalue weighted by molar-refractivity contribution is 5.53. The Labute approximate surface area is 172 Å². The monoisotopic (exact) mass is 389 g/mol. The summed E-state index contributed by atoms with van der Waals surface area (Å²) in [6.07, 6.45) is 17.9. The molecule has 3 heteroatoms. The zero-order chi connectivity index (χ0) is 20.4. The largest absolute Gasteiger partial charge is 0.393 e. The molecule has 0 aliphatic heterocycles. The van der Waals surface area contributed by atoms with E-state index in [0.717, 1.165) is 50.4 Å². The second-order valence-corrected chi connectivity index (χ2v) is 10.6. The van der Waals surface area contributed by atoms with Gasteiger partial charge in [0.2, 0.25) is 0 Å². The molecule has 0 spiro atoms. The normalized spacial score (nSPS) is 44.2. The van der Waals surface area contributed by atoms with Gasteiger partial charge in [0.1, 0.15) is 0 Å². The molecular formula is C25H43NO2. The maximum absolute atomic E-state index is 9.93. The van der Waals surface area contributed by atoms with Gasteiger partial charge in [-0.1, -0.05) is 39.3 Å². The number of hydrogen-bond donors (Lipinski definition) is 3. The fourth-order valence-electron chi connectivity index (χ4n) is 7.24. The molecule has 28 heavy (non-hydrogen) atoms. The van der Waals surface area contributed by atoms with Gasteiger partial charge in [0.15, 0.2) is 0 Å². The molecule has 0 amide bonds. The maximum atomic E-state index is 9.93. The van der Waals surface area contributed by atoms with Crippen molar-refractivity contribution in [3.05, 3.63) is 12.2 Å². The quantitative estimate of drug-likeness (QED) is 0.366. The fourth-order valence-corrected chi connectivity index (χ4v) is 7.24. The Bertz CT molecular complexity index is 561. The lowest BCUT2D eigenvalue weighted by Crippen LogP contribution is -2.47. The molecule has 0 aromatic rings. The number of allylic oxidation sites excluding steroid dienone is 1. The van der Waals surface area contributed by atoms with Gasteiger partial charge in [-0.2, -0.15) is 0 Å². The van der Waals surface area contributed by atoms with Crippen LogP contribution in [0.15, 0.2) is 12.2 Å². The van der Waals surface area contributed by atoms with E-state index in [4.69, 9.17) is 5.41 Å². The average molecular weight is 390 g/mol. The van der Waals surface area contributed by atoms with Gasteiger partial charge in [-0.15, -0.1) is 0 Å². The van der Waals surface area contributed by atoms with Crippen LogP contribution in [0.3, 0.4) is 0 Å². The molecule has 3 nitrogen and oxygen atoms in total. The van der Waals surface area contributed by atoms with Crippen LogP contribution in [0.2, 0.25) is 0 Å². The lowest BCUT2D eigenvalue weighted by Gasteiger charge is -2.54. The van der Waals surface area contributed by atoms with Crippen molar-refractivity contribution in [2.75, 3.05) is 0 Å².